The molecule has 0 aliphatic heterocycles. The third kappa shape index (κ3) is 23.8. The van der Waals surface area contributed by atoms with Gasteiger partial charge in [0.25, 0.3) is 0 Å². The van der Waals surface area contributed by atoms with E-state index in [1.54, 1.807) is 0 Å². The van der Waals surface area contributed by atoms with E-state index in [2.05, 4.69) is 28.1 Å². The second-order valence-electron chi connectivity index (χ2n) is 9.75. The number of carbonyl (C=O) groups is 1. The summed E-state index contributed by atoms with van der Waals surface area (Å²) in [5.41, 5.74) is 0. The van der Waals surface area contributed by atoms with Gasteiger partial charge in [-0.3, -0.25) is 13.8 Å². The van der Waals surface area contributed by atoms with Crippen LogP contribution in [-0.4, -0.2) is 90.6 Å². The molecule has 0 aromatic heterocycles. The number of rotatable bonds is 23. The zero-order valence-electron chi connectivity index (χ0n) is 21.8. The average molecular weight is 591 g/mol. The van der Waals surface area contributed by atoms with Gasteiger partial charge >= 0.3 is 13.8 Å². The standard InChI is InChI=1S/C24H47BrNO8P/c1-26(2,3)18-19-32-35(30,31)33-21-23(20-27)34-24(29)16-13-15-22(28)14-11-9-7-5-4-6-8-10-12-17-25/h6,8,22-23,27-28H,4-5,7,9-21H2,1-3H3/p+1/b8-6-/i25+1. The Kier molecular flexibility index (Phi) is 20.5. The Morgan fingerprint density at radius 2 is 1.63 bits per heavy atom. The van der Waals surface area contributed by atoms with Gasteiger partial charge in [-0.2, -0.15) is 0 Å². The summed E-state index contributed by atoms with van der Waals surface area (Å²) in [6, 6.07) is 0. The van der Waals surface area contributed by atoms with Crippen molar-refractivity contribution >= 4 is 29.7 Å². The minimum Gasteiger partial charge on any atom is -0.457 e. The molecular weight excluding hydrogens is 542 g/mol. The van der Waals surface area contributed by atoms with Crippen LogP contribution in [0.3, 0.4) is 0 Å². The highest BCUT2D eigenvalue weighted by atomic mass is 80.9. The summed E-state index contributed by atoms with van der Waals surface area (Å²) < 4.78 is 27.3. The quantitative estimate of drug-likeness (QED) is 0.0402. The van der Waals surface area contributed by atoms with Crippen LogP contribution in [0.15, 0.2) is 12.2 Å². The monoisotopic (exact) mass is 590 g/mol. The fourth-order valence-electron chi connectivity index (χ4n) is 3.07. The predicted octanol–water partition coefficient (Wildman–Crippen LogP) is 4.33. The Hall–Kier alpha value is -0.320. The summed E-state index contributed by atoms with van der Waals surface area (Å²) >= 11 is 3.42. The number of aliphatic hydroxyl groups excluding tert-OH is 2. The van der Waals surface area contributed by atoms with Crippen LogP contribution in [0.5, 0.6) is 0 Å². The lowest BCUT2D eigenvalue weighted by molar-refractivity contribution is -0.870. The van der Waals surface area contributed by atoms with Crippen LogP contribution in [-0.2, 0) is 23.1 Å². The number of unbranched alkanes of at least 4 members (excludes halogenated alkanes) is 5. The Morgan fingerprint density at radius 3 is 2.26 bits per heavy atom. The van der Waals surface area contributed by atoms with Crippen molar-refractivity contribution in [2.75, 3.05) is 52.8 Å². The molecule has 0 spiro atoms. The molecule has 208 valence electrons. The molecule has 0 heterocycles. The van der Waals surface area contributed by atoms with E-state index in [1.807, 2.05) is 21.1 Å². The first-order valence-electron chi connectivity index (χ1n) is 12.6. The van der Waals surface area contributed by atoms with Gasteiger partial charge in [-0.05, 0) is 44.9 Å². The number of ether oxygens (including phenoxy) is 1. The molecule has 0 saturated heterocycles. The minimum absolute atomic E-state index is 0.0261. The van der Waals surface area contributed by atoms with Crippen LogP contribution in [0.2, 0.25) is 0 Å². The summed E-state index contributed by atoms with van der Waals surface area (Å²) in [5.74, 6) is -0.553. The topological polar surface area (TPSA) is 123 Å². The molecule has 0 saturated carbocycles. The second kappa shape index (κ2) is 20.7. The molecule has 3 N–H and O–H groups in total. The molecule has 0 aromatic rings. The molecule has 0 fully saturated rings. The molecule has 11 heteroatoms. The molecule has 3 atom stereocenters. The van der Waals surface area contributed by atoms with E-state index >= 15 is 0 Å². The molecule has 0 rings (SSSR count). The third-order valence-electron chi connectivity index (χ3n) is 5.19. The lowest BCUT2D eigenvalue weighted by atomic mass is 10.0. The maximum Gasteiger partial charge on any atom is 0.472 e. The van der Waals surface area contributed by atoms with E-state index in [1.165, 1.54) is 6.42 Å². The average Bonchev–Trinajstić information content (AvgIpc) is 2.76. The van der Waals surface area contributed by atoms with Crippen LogP contribution < -0.4 is 0 Å². The molecular formula is C24H48BrNO8P+. The normalized spacial score (nSPS) is 15.7. The van der Waals surface area contributed by atoms with Gasteiger partial charge < -0.3 is 24.3 Å². The molecule has 0 radical (unpaired) electrons. The summed E-state index contributed by atoms with van der Waals surface area (Å²) in [6.07, 6.45) is 12.5. The van der Waals surface area contributed by atoms with Gasteiger partial charge in [0.05, 0.1) is 40.5 Å². The third-order valence-corrected chi connectivity index (χ3v) is 6.73. The highest BCUT2D eigenvalue weighted by Crippen LogP contribution is 2.43. The van der Waals surface area contributed by atoms with Crippen molar-refractivity contribution in [1.29, 1.82) is 0 Å². The highest BCUT2D eigenvalue weighted by molar-refractivity contribution is 9.09. The number of hydrogen-bond donors (Lipinski definition) is 3. The number of hydrogen-bond acceptors (Lipinski definition) is 7. The maximum atomic E-state index is 12.0. The maximum absolute atomic E-state index is 12.0. The van der Waals surface area contributed by atoms with Crippen molar-refractivity contribution in [2.45, 2.75) is 82.8 Å². The van der Waals surface area contributed by atoms with Crippen molar-refractivity contribution in [2.24, 2.45) is 0 Å². The molecule has 9 nitrogen and oxygen atoms in total. The molecule has 35 heavy (non-hydrogen) atoms. The number of halogens is 1. The second-order valence-corrected chi connectivity index (χ2v) is 12.0. The number of phosphoric acid groups is 1. The summed E-state index contributed by atoms with van der Waals surface area (Å²) in [6.45, 7) is -0.457. The first-order chi connectivity index (χ1) is 16.5. The molecule has 0 aliphatic carbocycles. The van der Waals surface area contributed by atoms with E-state index in [4.69, 9.17) is 13.8 Å². The Labute approximate surface area is 220 Å². The van der Waals surface area contributed by atoms with Crippen molar-refractivity contribution in [3.63, 3.8) is 0 Å². The minimum atomic E-state index is -4.30. The van der Waals surface area contributed by atoms with Crippen LogP contribution in [0.4, 0.5) is 0 Å². The van der Waals surface area contributed by atoms with Crippen LogP contribution in [0.25, 0.3) is 0 Å². The van der Waals surface area contributed by atoms with Crippen molar-refractivity contribution in [3.8, 4) is 0 Å². The number of likely N-dealkylation sites (N-methyl/N-ethyl adjacent to an activating group) is 1. The lowest BCUT2D eigenvalue weighted by Crippen LogP contribution is -2.37. The number of quaternary nitrogens is 1. The van der Waals surface area contributed by atoms with Gasteiger partial charge in [0.15, 0.2) is 0 Å². The van der Waals surface area contributed by atoms with E-state index in [0.717, 1.165) is 43.9 Å². The van der Waals surface area contributed by atoms with Gasteiger partial charge in [-0.1, -0.05) is 47.3 Å². The zero-order valence-corrected chi connectivity index (χ0v) is 24.3. The molecule has 0 amide bonds. The van der Waals surface area contributed by atoms with Gasteiger partial charge in [-0.15, -0.1) is 0 Å². The van der Waals surface area contributed by atoms with Crippen molar-refractivity contribution in [1.82, 2.24) is 0 Å². The number of aliphatic hydroxyl groups is 2. The smallest absolute Gasteiger partial charge is 0.457 e. The van der Waals surface area contributed by atoms with E-state index in [-0.39, 0.29) is 13.0 Å². The molecule has 0 bridgehead atoms. The Balaban J connectivity index is 3.90. The lowest BCUT2D eigenvalue weighted by Gasteiger charge is -2.24. The number of carbonyl (C=O) groups excluding carboxylic acids is 1. The first-order valence-corrected chi connectivity index (χ1v) is 15.2. The van der Waals surface area contributed by atoms with Gasteiger partial charge in [0.1, 0.15) is 19.3 Å². The number of allylic oxidation sites excluding steroid dienone is 2. The van der Waals surface area contributed by atoms with E-state index in [9.17, 15) is 24.5 Å². The first kappa shape index (κ1) is 34.7. The number of esters is 1. The van der Waals surface area contributed by atoms with Crippen molar-refractivity contribution in [3.05, 3.63) is 12.2 Å². The fourth-order valence-corrected chi connectivity index (χ4v) is 4.13. The highest BCUT2D eigenvalue weighted by Gasteiger charge is 2.25. The Bertz CT molecular complexity index is 615. The number of alkyl halides is 1. The van der Waals surface area contributed by atoms with Gasteiger partial charge in [0.2, 0.25) is 0 Å². The van der Waals surface area contributed by atoms with Crippen molar-refractivity contribution < 1.29 is 42.7 Å². The van der Waals surface area contributed by atoms with Gasteiger partial charge in [0, 0.05) is 11.8 Å². The SMILES string of the molecule is C[N+](C)(C)CCOP(=O)(O)OCC(CO)OC(=O)CCCC(O)CCCCCC/C=C\CCC[81Br]. The summed E-state index contributed by atoms with van der Waals surface area (Å²) in [4.78, 5) is 21.7. The molecule has 0 aliphatic rings. The van der Waals surface area contributed by atoms with E-state index in [0.29, 0.717) is 30.3 Å². The summed E-state index contributed by atoms with van der Waals surface area (Å²) in [5, 5.41) is 20.5. The molecule has 3 unspecified atom stereocenters. The van der Waals surface area contributed by atoms with Gasteiger partial charge in [-0.25, -0.2) is 4.57 Å². The van der Waals surface area contributed by atoms with Crippen LogP contribution in [0.1, 0.15) is 70.6 Å². The summed E-state index contributed by atoms with van der Waals surface area (Å²) in [7, 11) is 1.46. The zero-order chi connectivity index (χ0) is 26.6. The molecule has 0 aromatic carbocycles. The van der Waals surface area contributed by atoms with Crippen LogP contribution in [0, 0.1) is 0 Å². The fraction of sp³-hybridized carbons (Fsp3) is 0.875. The number of nitrogens with zero attached hydrogens (tertiary/aromatic N) is 1. The van der Waals surface area contributed by atoms with Crippen LogP contribution >= 0.6 is 23.8 Å². The Morgan fingerprint density at radius 1 is 1.00 bits per heavy atom. The largest absolute Gasteiger partial charge is 0.472 e. The predicted molar refractivity (Wildman–Crippen MR) is 141 cm³/mol. The number of phosphoric ester groups is 1. The van der Waals surface area contributed by atoms with E-state index < -0.39 is 39.2 Å².